The second-order valence-electron chi connectivity index (χ2n) is 7.92. The van der Waals surface area contributed by atoms with Crippen LogP contribution in [0.15, 0.2) is 78.9 Å². The molecule has 5 rings (SSSR count). The van der Waals surface area contributed by atoms with E-state index < -0.39 is 17.4 Å². The molecule has 0 bridgehead atoms. The molecule has 0 unspecified atom stereocenters. The number of nitrogens with one attached hydrogen (secondary N) is 1. The summed E-state index contributed by atoms with van der Waals surface area (Å²) >= 11 is 0. The summed E-state index contributed by atoms with van der Waals surface area (Å²) in [5.74, 6) is -1.29. The fraction of sp³-hybridized carbons (Fsp3) is 0.200. The molecule has 6 heteroatoms. The predicted octanol–water partition coefficient (Wildman–Crippen LogP) is 4.63. The average Bonchev–Trinajstić information content (AvgIpc) is 3.18. The molecule has 0 aromatic heterocycles. The second-order valence-corrected chi connectivity index (χ2v) is 7.92. The lowest BCUT2D eigenvalue weighted by Crippen LogP contribution is -2.51. The van der Waals surface area contributed by atoms with E-state index in [1.807, 2.05) is 54.6 Å². The fourth-order valence-electron chi connectivity index (χ4n) is 5.01. The maximum Gasteiger partial charge on any atom is 0.324 e. The Morgan fingerprint density at radius 3 is 2.42 bits per heavy atom. The molecule has 1 fully saturated rings. The van der Waals surface area contributed by atoms with Crippen LogP contribution in [0.3, 0.4) is 0 Å². The van der Waals surface area contributed by atoms with Crippen LogP contribution in [0.1, 0.15) is 29.6 Å². The molecule has 0 saturated carbocycles. The van der Waals surface area contributed by atoms with E-state index in [0.29, 0.717) is 5.69 Å². The normalized spacial score (nSPS) is 24.2. The van der Waals surface area contributed by atoms with Crippen molar-refractivity contribution in [2.75, 3.05) is 17.3 Å². The van der Waals surface area contributed by atoms with Gasteiger partial charge in [-0.25, -0.2) is 4.39 Å². The van der Waals surface area contributed by atoms with Gasteiger partial charge in [0, 0.05) is 11.4 Å². The van der Waals surface area contributed by atoms with Gasteiger partial charge in [0.2, 0.25) is 5.91 Å². The van der Waals surface area contributed by atoms with E-state index in [1.54, 1.807) is 12.1 Å². The Labute approximate surface area is 179 Å². The third-order valence-corrected chi connectivity index (χ3v) is 6.36. The highest BCUT2D eigenvalue weighted by Crippen LogP contribution is 2.60. The Morgan fingerprint density at radius 1 is 1.03 bits per heavy atom. The summed E-state index contributed by atoms with van der Waals surface area (Å²) in [7, 11) is 1.31. The third-order valence-electron chi connectivity index (χ3n) is 6.36. The Kier molecular flexibility index (Phi) is 4.50. The molecule has 3 aromatic carbocycles. The molecule has 0 aliphatic carbocycles. The minimum atomic E-state index is -1.43. The van der Waals surface area contributed by atoms with Crippen LogP contribution in [-0.2, 0) is 14.3 Å². The van der Waals surface area contributed by atoms with Crippen LogP contribution in [0.4, 0.5) is 15.8 Å². The van der Waals surface area contributed by atoms with Gasteiger partial charge >= 0.3 is 5.97 Å². The van der Waals surface area contributed by atoms with Crippen molar-refractivity contribution >= 4 is 23.3 Å². The number of ether oxygens (including phenoxy) is 1. The maximum atomic E-state index is 13.7. The monoisotopic (exact) mass is 416 g/mol. The zero-order chi connectivity index (χ0) is 21.6. The lowest BCUT2D eigenvalue weighted by atomic mass is 9.72. The van der Waals surface area contributed by atoms with E-state index in [9.17, 15) is 14.0 Å². The topological polar surface area (TPSA) is 58.6 Å². The minimum absolute atomic E-state index is 0.213. The smallest absolute Gasteiger partial charge is 0.324 e. The Balaban J connectivity index is 1.78. The molecular formula is C25H21FN2O3. The van der Waals surface area contributed by atoms with Crippen LogP contribution in [0.25, 0.3) is 0 Å². The van der Waals surface area contributed by atoms with E-state index >= 15 is 0 Å². The van der Waals surface area contributed by atoms with E-state index in [4.69, 9.17) is 4.74 Å². The van der Waals surface area contributed by atoms with Crippen molar-refractivity contribution in [3.8, 4) is 0 Å². The third kappa shape index (κ3) is 2.82. The van der Waals surface area contributed by atoms with Gasteiger partial charge in [0.15, 0.2) is 5.41 Å². The summed E-state index contributed by atoms with van der Waals surface area (Å²) in [6.45, 7) is 0. The van der Waals surface area contributed by atoms with Crippen molar-refractivity contribution in [2.24, 2.45) is 5.41 Å². The molecule has 0 spiro atoms. The van der Waals surface area contributed by atoms with E-state index in [0.717, 1.165) is 16.8 Å². The van der Waals surface area contributed by atoms with Gasteiger partial charge in [-0.15, -0.1) is 0 Å². The maximum absolute atomic E-state index is 13.7. The number of halogens is 1. The van der Waals surface area contributed by atoms with Gasteiger partial charge < -0.3 is 15.0 Å². The van der Waals surface area contributed by atoms with Gasteiger partial charge in [-0.2, -0.15) is 0 Å². The number of carbonyl (C=O) groups excluding carboxylic acids is 2. The van der Waals surface area contributed by atoms with Gasteiger partial charge in [-0.3, -0.25) is 9.59 Å². The standard InChI is InChI=1S/C25H21FN2O3/c1-31-24(30)25-15-21(16-11-13-17(26)14-12-16)28(18-7-3-2-4-8-18)22(25)19-9-5-6-10-20(19)27-23(25)29/h2-14,21-22H,15H2,1H3,(H,27,29)/t21-,22-,25+/m0/s1. The van der Waals surface area contributed by atoms with E-state index in [-0.39, 0.29) is 24.2 Å². The lowest BCUT2D eigenvalue weighted by Gasteiger charge is -2.41. The molecule has 1 N–H and O–H groups in total. The summed E-state index contributed by atoms with van der Waals surface area (Å²) in [6, 6.07) is 22.5. The Morgan fingerprint density at radius 2 is 1.71 bits per heavy atom. The summed E-state index contributed by atoms with van der Waals surface area (Å²) in [6.07, 6.45) is 0.213. The molecule has 3 aromatic rings. The van der Waals surface area contributed by atoms with Gasteiger partial charge in [0.1, 0.15) is 5.82 Å². The Bertz CT molecular complexity index is 1150. The summed E-state index contributed by atoms with van der Waals surface area (Å²) in [5.41, 5.74) is 1.79. The van der Waals surface area contributed by atoms with E-state index in [2.05, 4.69) is 10.2 Å². The first-order valence-electron chi connectivity index (χ1n) is 10.1. The number of carbonyl (C=O) groups is 2. The number of hydrogen-bond donors (Lipinski definition) is 1. The molecule has 156 valence electrons. The van der Waals surface area contributed by atoms with Crippen molar-refractivity contribution in [1.29, 1.82) is 0 Å². The number of rotatable bonds is 3. The average molecular weight is 416 g/mol. The number of methoxy groups -OCH3 is 1. The number of fused-ring (bicyclic) bond motifs is 3. The number of anilines is 2. The van der Waals surface area contributed by atoms with Gasteiger partial charge in [0.25, 0.3) is 0 Å². The molecule has 0 radical (unpaired) electrons. The highest BCUT2D eigenvalue weighted by Gasteiger charge is 2.65. The number of para-hydroxylation sites is 2. The van der Waals surface area contributed by atoms with Crippen LogP contribution in [0.2, 0.25) is 0 Å². The van der Waals surface area contributed by atoms with Crippen molar-refractivity contribution in [3.63, 3.8) is 0 Å². The lowest BCUT2D eigenvalue weighted by molar-refractivity contribution is -0.158. The van der Waals surface area contributed by atoms with Crippen molar-refractivity contribution in [3.05, 3.63) is 95.8 Å². The molecule has 31 heavy (non-hydrogen) atoms. The fourth-order valence-corrected chi connectivity index (χ4v) is 5.01. The first kappa shape index (κ1) is 19.3. The van der Waals surface area contributed by atoms with Crippen molar-refractivity contribution in [1.82, 2.24) is 0 Å². The first-order valence-corrected chi connectivity index (χ1v) is 10.1. The van der Waals surface area contributed by atoms with Crippen molar-refractivity contribution in [2.45, 2.75) is 18.5 Å². The number of esters is 1. The molecular weight excluding hydrogens is 395 g/mol. The quantitative estimate of drug-likeness (QED) is 0.500. The molecule has 1 saturated heterocycles. The van der Waals surface area contributed by atoms with Gasteiger partial charge in [-0.1, -0.05) is 48.5 Å². The molecule has 1 amide bonds. The van der Waals surface area contributed by atoms with Gasteiger partial charge in [-0.05, 0) is 47.9 Å². The van der Waals surface area contributed by atoms with Gasteiger partial charge in [0.05, 0.1) is 19.2 Å². The number of benzene rings is 3. The Hall–Kier alpha value is -3.67. The zero-order valence-electron chi connectivity index (χ0n) is 16.9. The molecule has 2 aliphatic heterocycles. The number of amides is 1. The van der Waals surface area contributed by atoms with Crippen LogP contribution < -0.4 is 10.2 Å². The molecule has 2 aliphatic rings. The second kappa shape index (κ2) is 7.23. The number of nitrogens with zero attached hydrogens (tertiary/aromatic N) is 1. The minimum Gasteiger partial charge on any atom is -0.468 e. The first-order chi connectivity index (χ1) is 15.1. The highest BCUT2D eigenvalue weighted by molar-refractivity contribution is 6.13. The largest absolute Gasteiger partial charge is 0.468 e. The number of hydrogen-bond acceptors (Lipinski definition) is 4. The van der Waals surface area contributed by atoms with Crippen LogP contribution in [0.5, 0.6) is 0 Å². The van der Waals surface area contributed by atoms with Crippen LogP contribution >= 0.6 is 0 Å². The summed E-state index contributed by atoms with van der Waals surface area (Å²) in [5, 5.41) is 2.91. The SMILES string of the molecule is COC(=O)[C@]12C[C@@H](c3ccc(F)cc3)N(c3ccccc3)[C@H]1c1ccccc1NC2=O. The van der Waals surface area contributed by atoms with Crippen LogP contribution in [-0.4, -0.2) is 19.0 Å². The summed E-state index contributed by atoms with van der Waals surface area (Å²) in [4.78, 5) is 28.8. The highest BCUT2D eigenvalue weighted by atomic mass is 19.1. The van der Waals surface area contributed by atoms with E-state index in [1.165, 1.54) is 19.2 Å². The molecule has 5 nitrogen and oxygen atoms in total. The molecule has 2 heterocycles. The van der Waals surface area contributed by atoms with Crippen LogP contribution in [0, 0.1) is 11.2 Å². The zero-order valence-corrected chi connectivity index (χ0v) is 16.9. The summed E-state index contributed by atoms with van der Waals surface area (Å²) < 4.78 is 18.8. The van der Waals surface area contributed by atoms with Crippen molar-refractivity contribution < 1.29 is 18.7 Å². The molecule has 3 atom stereocenters. The predicted molar refractivity (Wildman–Crippen MR) is 115 cm³/mol.